The van der Waals surface area contributed by atoms with Gasteiger partial charge in [-0.25, -0.2) is 0 Å². The normalized spacial score (nSPS) is 9.42. The van der Waals surface area contributed by atoms with Crippen LogP contribution in [0.15, 0.2) is 6.07 Å². The molecule has 1 aromatic rings. The SMILES string of the molecule is Cc1cc(C)c(C#N)c(N)c1N. The number of benzene rings is 1. The largest absolute Gasteiger partial charge is 0.397 e. The van der Waals surface area contributed by atoms with Crippen molar-refractivity contribution in [3.8, 4) is 6.07 Å². The second-order valence-corrected chi connectivity index (χ2v) is 2.82. The molecule has 0 saturated carbocycles. The third-order valence-corrected chi connectivity index (χ3v) is 1.92. The maximum Gasteiger partial charge on any atom is 0.102 e. The lowest BCUT2D eigenvalue weighted by Gasteiger charge is -2.08. The second kappa shape index (κ2) is 2.74. The molecule has 62 valence electrons. The maximum atomic E-state index is 8.73. The summed E-state index contributed by atoms with van der Waals surface area (Å²) in [6.07, 6.45) is 0. The molecule has 0 aliphatic carbocycles. The van der Waals surface area contributed by atoms with Gasteiger partial charge in [-0.05, 0) is 25.0 Å². The van der Waals surface area contributed by atoms with E-state index in [2.05, 4.69) is 0 Å². The smallest absolute Gasteiger partial charge is 0.102 e. The van der Waals surface area contributed by atoms with E-state index >= 15 is 0 Å². The van der Waals surface area contributed by atoms with Crippen molar-refractivity contribution >= 4 is 11.4 Å². The summed E-state index contributed by atoms with van der Waals surface area (Å²) in [6, 6.07) is 3.89. The number of rotatable bonds is 0. The zero-order valence-electron chi connectivity index (χ0n) is 7.18. The number of nitrogens with zero attached hydrogens (tertiary/aromatic N) is 1. The van der Waals surface area contributed by atoms with Gasteiger partial charge in [0.2, 0.25) is 0 Å². The van der Waals surface area contributed by atoms with Crippen LogP contribution in [-0.2, 0) is 0 Å². The van der Waals surface area contributed by atoms with E-state index in [9.17, 15) is 0 Å². The number of nitrogen functional groups attached to an aromatic ring is 2. The Hall–Kier alpha value is -1.69. The van der Waals surface area contributed by atoms with Gasteiger partial charge in [-0.3, -0.25) is 0 Å². The highest BCUT2D eigenvalue weighted by Crippen LogP contribution is 2.26. The quantitative estimate of drug-likeness (QED) is 0.564. The Balaban J connectivity index is 3.54. The molecular formula is C9H11N3. The molecular weight excluding hydrogens is 150 g/mol. The van der Waals surface area contributed by atoms with Crippen LogP contribution in [-0.4, -0.2) is 0 Å². The van der Waals surface area contributed by atoms with E-state index in [1.54, 1.807) is 0 Å². The molecule has 0 aliphatic rings. The Labute approximate surface area is 71.6 Å². The van der Waals surface area contributed by atoms with Gasteiger partial charge in [0, 0.05) is 0 Å². The standard InChI is InChI=1S/C9H11N3/c1-5-3-6(2)8(11)9(12)7(5)4-10/h3H,11-12H2,1-2H3. The van der Waals surface area contributed by atoms with Crippen molar-refractivity contribution in [1.82, 2.24) is 0 Å². The molecule has 0 saturated heterocycles. The van der Waals surface area contributed by atoms with E-state index in [0.717, 1.165) is 11.1 Å². The van der Waals surface area contributed by atoms with Crippen molar-refractivity contribution in [2.75, 3.05) is 11.5 Å². The van der Waals surface area contributed by atoms with Crippen LogP contribution in [0.3, 0.4) is 0 Å². The summed E-state index contributed by atoms with van der Waals surface area (Å²) in [5.74, 6) is 0. The van der Waals surface area contributed by atoms with Crippen LogP contribution in [0.25, 0.3) is 0 Å². The zero-order valence-corrected chi connectivity index (χ0v) is 7.18. The molecule has 0 unspecified atom stereocenters. The van der Waals surface area contributed by atoms with Crippen molar-refractivity contribution < 1.29 is 0 Å². The molecule has 3 nitrogen and oxygen atoms in total. The topological polar surface area (TPSA) is 75.8 Å². The first-order valence-electron chi connectivity index (χ1n) is 3.63. The van der Waals surface area contributed by atoms with Gasteiger partial charge in [-0.2, -0.15) is 5.26 Å². The van der Waals surface area contributed by atoms with E-state index in [0.29, 0.717) is 16.9 Å². The summed E-state index contributed by atoms with van der Waals surface area (Å²) in [5, 5.41) is 8.73. The summed E-state index contributed by atoms with van der Waals surface area (Å²) in [5.41, 5.74) is 14.5. The molecule has 12 heavy (non-hydrogen) atoms. The Morgan fingerprint density at radius 2 is 1.75 bits per heavy atom. The monoisotopic (exact) mass is 161 g/mol. The van der Waals surface area contributed by atoms with Crippen LogP contribution in [0.2, 0.25) is 0 Å². The highest BCUT2D eigenvalue weighted by Gasteiger charge is 2.07. The van der Waals surface area contributed by atoms with E-state index < -0.39 is 0 Å². The first kappa shape index (κ1) is 8.41. The highest BCUT2D eigenvalue weighted by molar-refractivity contribution is 5.75. The van der Waals surface area contributed by atoms with Crippen molar-refractivity contribution in [3.63, 3.8) is 0 Å². The van der Waals surface area contributed by atoms with E-state index in [1.807, 2.05) is 26.0 Å². The third kappa shape index (κ3) is 1.08. The molecule has 0 bridgehead atoms. The number of aryl methyl sites for hydroxylation is 2. The average Bonchev–Trinajstić information content (AvgIpc) is 2.01. The number of hydrogen-bond acceptors (Lipinski definition) is 3. The fourth-order valence-corrected chi connectivity index (χ4v) is 1.18. The van der Waals surface area contributed by atoms with Gasteiger partial charge in [0.1, 0.15) is 6.07 Å². The minimum absolute atomic E-state index is 0.398. The molecule has 0 fully saturated rings. The van der Waals surface area contributed by atoms with Crippen molar-refractivity contribution in [1.29, 1.82) is 5.26 Å². The summed E-state index contributed by atoms with van der Waals surface area (Å²) in [4.78, 5) is 0. The van der Waals surface area contributed by atoms with Crippen LogP contribution in [0, 0.1) is 25.2 Å². The van der Waals surface area contributed by atoms with Gasteiger partial charge < -0.3 is 11.5 Å². The van der Waals surface area contributed by atoms with Crippen molar-refractivity contribution in [2.24, 2.45) is 0 Å². The number of nitrogens with two attached hydrogens (primary N) is 2. The minimum Gasteiger partial charge on any atom is -0.397 e. The first-order valence-corrected chi connectivity index (χ1v) is 3.63. The summed E-state index contributed by atoms with van der Waals surface area (Å²) in [6.45, 7) is 3.72. The lowest BCUT2D eigenvalue weighted by Crippen LogP contribution is -2.02. The molecule has 0 amide bonds. The molecule has 0 spiro atoms. The van der Waals surface area contributed by atoms with Gasteiger partial charge in [0.25, 0.3) is 0 Å². The number of anilines is 2. The minimum atomic E-state index is 0.398. The highest BCUT2D eigenvalue weighted by atomic mass is 14.7. The van der Waals surface area contributed by atoms with Crippen LogP contribution in [0.5, 0.6) is 0 Å². The van der Waals surface area contributed by atoms with Crippen LogP contribution >= 0.6 is 0 Å². The maximum absolute atomic E-state index is 8.73. The van der Waals surface area contributed by atoms with Crippen molar-refractivity contribution in [3.05, 3.63) is 22.8 Å². The lowest BCUT2D eigenvalue weighted by atomic mass is 10.0. The Morgan fingerprint density at radius 1 is 1.17 bits per heavy atom. The predicted octanol–water partition coefficient (Wildman–Crippen LogP) is 1.34. The molecule has 3 heteroatoms. The fourth-order valence-electron chi connectivity index (χ4n) is 1.18. The molecule has 0 aliphatic heterocycles. The predicted molar refractivity (Wildman–Crippen MR) is 49.5 cm³/mol. The van der Waals surface area contributed by atoms with Gasteiger partial charge >= 0.3 is 0 Å². The molecule has 1 rings (SSSR count). The second-order valence-electron chi connectivity index (χ2n) is 2.82. The summed E-state index contributed by atoms with van der Waals surface area (Å²) in [7, 11) is 0. The Morgan fingerprint density at radius 3 is 2.25 bits per heavy atom. The van der Waals surface area contributed by atoms with E-state index in [1.165, 1.54) is 0 Å². The molecule has 1 aromatic carbocycles. The average molecular weight is 161 g/mol. The molecule has 0 atom stereocenters. The van der Waals surface area contributed by atoms with Gasteiger partial charge in [0.05, 0.1) is 16.9 Å². The zero-order chi connectivity index (χ0) is 9.30. The number of hydrogen-bond donors (Lipinski definition) is 2. The number of nitriles is 1. The van der Waals surface area contributed by atoms with Crippen LogP contribution in [0.4, 0.5) is 11.4 Å². The molecule has 0 aromatic heterocycles. The van der Waals surface area contributed by atoms with Crippen LogP contribution < -0.4 is 11.5 Å². The molecule has 4 N–H and O–H groups in total. The Kier molecular flexibility index (Phi) is 1.92. The van der Waals surface area contributed by atoms with Gasteiger partial charge in [-0.15, -0.1) is 0 Å². The van der Waals surface area contributed by atoms with Gasteiger partial charge in [0.15, 0.2) is 0 Å². The first-order chi connectivity index (χ1) is 5.57. The summed E-state index contributed by atoms with van der Waals surface area (Å²) < 4.78 is 0. The fraction of sp³-hybridized carbons (Fsp3) is 0.222. The molecule has 0 radical (unpaired) electrons. The van der Waals surface area contributed by atoms with Crippen molar-refractivity contribution in [2.45, 2.75) is 13.8 Å². The van der Waals surface area contributed by atoms with Crippen LogP contribution in [0.1, 0.15) is 16.7 Å². The molecule has 0 heterocycles. The van der Waals surface area contributed by atoms with Gasteiger partial charge in [-0.1, -0.05) is 6.07 Å². The lowest BCUT2D eigenvalue weighted by molar-refractivity contribution is 1.35. The summed E-state index contributed by atoms with van der Waals surface area (Å²) >= 11 is 0. The third-order valence-electron chi connectivity index (χ3n) is 1.92. The van der Waals surface area contributed by atoms with E-state index in [-0.39, 0.29) is 0 Å². The van der Waals surface area contributed by atoms with E-state index in [4.69, 9.17) is 16.7 Å². The Bertz CT molecular complexity index is 361.